The van der Waals surface area contributed by atoms with Gasteiger partial charge in [-0.15, -0.1) is 0 Å². The van der Waals surface area contributed by atoms with Crippen molar-refractivity contribution in [3.05, 3.63) is 0 Å². The first-order valence-electron chi connectivity index (χ1n) is 5.03. The second-order valence-electron chi connectivity index (χ2n) is 3.64. The summed E-state index contributed by atoms with van der Waals surface area (Å²) in [5.41, 5.74) is 0. The SMILES string of the molecule is CCCCCC(=O)OC1CC1CBr. The summed E-state index contributed by atoms with van der Waals surface area (Å²) >= 11 is 3.38. The molecule has 0 spiro atoms. The highest BCUT2D eigenvalue weighted by Gasteiger charge is 2.39. The molecular weight excluding hydrogens is 232 g/mol. The van der Waals surface area contributed by atoms with Gasteiger partial charge in [0.1, 0.15) is 6.10 Å². The van der Waals surface area contributed by atoms with E-state index in [1.807, 2.05) is 0 Å². The van der Waals surface area contributed by atoms with Crippen LogP contribution in [0.15, 0.2) is 0 Å². The molecule has 1 saturated carbocycles. The normalized spacial score (nSPS) is 25.7. The highest BCUT2D eigenvalue weighted by Crippen LogP contribution is 2.35. The van der Waals surface area contributed by atoms with E-state index in [0.29, 0.717) is 12.3 Å². The minimum atomic E-state index is -0.0121. The first-order chi connectivity index (χ1) is 6.27. The number of carbonyl (C=O) groups excluding carboxylic acids is 1. The smallest absolute Gasteiger partial charge is 0.306 e. The summed E-state index contributed by atoms with van der Waals surface area (Å²) in [5, 5.41) is 0.958. The van der Waals surface area contributed by atoms with Gasteiger partial charge in [0, 0.05) is 17.7 Å². The number of rotatable bonds is 6. The van der Waals surface area contributed by atoms with Crippen LogP contribution in [0.1, 0.15) is 39.0 Å². The van der Waals surface area contributed by atoms with Crippen molar-refractivity contribution in [1.82, 2.24) is 0 Å². The van der Waals surface area contributed by atoms with Gasteiger partial charge in [0.2, 0.25) is 0 Å². The van der Waals surface area contributed by atoms with Crippen LogP contribution in [0.4, 0.5) is 0 Å². The summed E-state index contributed by atoms with van der Waals surface area (Å²) in [7, 11) is 0. The van der Waals surface area contributed by atoms with Crippen molar-refractivity contribution in [1.29, 1.82) is 0 Å². The molecule has 0 aromatic carbocycles. The van der Waals surface area contributed by atoms with E-state index in [2.05, 4.69) is 22.9 Å². The molecule has 0 aromatic heterocycles. The van der Waals surface area contributed by atoms with Gasteiger partial charge in [0.05, 0.1) is 0 Å². The van der Waals surface area contributed by atoms with Gasteiger partial charge >= 0.3 is 5.97 Å². The minimum absolute atomic E-state index is 0.0121. The molecule has 0 amide bonds. The third-order valence-electron chi connectivity index (χ3n) is 2.32. The Morgan fingerprint density at radius 1 is 1.54 bits per heavy atom. The molecular formula is C10H17BrO2. The number of esters is 1. The van der Waals surface area contributed by atoms with E-state index in [9.17, 15) is 4.79 Å². The molecule has 0 aliphatic heterocycles. The van der Waals surface area contributed by atoms with Gasteiger partial charge in [0.15, 0.2) is 0 Å². The summed E-state index contributed by atoms with van der Waals surface area (Å²) in [5.74, 6) is 0.567. The highest BCUT2D eigenvalue weighted by atomic mass is 79.9. The van der Waals surface area contributed by atoms with Crippen molar-refractivity contribution in [2.45, 2.75) is 45.1 Å². The largest absolute Gasteiger partial charge is 0.462 e. The summed E-state index contributed by atoms with van der Waals surface area (Å²) in [6, 6.07) is 0. The maximum absolute atomic E-state index is 11.2. The van der Waals surface area contributed by atoms with Crippen LogP contribution in [0, 0.1) is 5.92 Å². The molecule has 2 atom stereocenters. The molecule has 0 N–H and O–H groups in total. The quantitative estimate of drug-likeness (QED) is 0.411. The molecule has 1 rings (SSSR count). The fraction of sp³-hybridized carbons (Fsp3) is 0.900. The van der Waals surface area contributed by atoms with E-state index in [4.69, 9.17) is 4.74 Å². The lowest BCUT2D eigenvalue weighted by Gasteiger charge is -2.02. The van der Waals surface area contributed by atoms with Gasteiger partial charge in [-0.3, -0.25) is 4.79 Å². The fourth-order valence-corrected chi connectivity index (χ4v) is 1.95. The number of hydrogen-bond donors (Lipinski definition) is 0. The Morgan fingerprint density at radius 2 is 2.31 bits per heavy atom. The van der Waals surface area contributed by atoms with Crippen LogP contribution in [0.25, 0.3) is 0 Å². The molecule has 2 nitrogen and oxygen atoms in total. The van der Waals surface area contributed by atoms with E-state index >= 15 is 0 Å². The second kappa shape index (κ2) is 5.63. The molecule has 1 aliphatic rings. The number of ether oxygens (including phenoxy) is 1. The summed E-state index contributed by atoms with van der Waals surface area (Å²) in [6.07, 6.45) is 5.11. The van der Waals surface area contributed by atoms with Crippen LogP contribution in [0.3, 0.4) is 0 Å². The molecule has 0 heterocycles. The van der Waals surface area contributed by atoms with Crippen molar-refractivity contribution < 1.29 is 9.53 Å². The molecule has 0 radical (unpaired) electrons. The van der Waals surface area contributed by atoms with E-state index in [1.54, 1.807) is 0 Å². The third-order valence-corrected chi connectivity index (χ3v) is 3.15. The number of halogens is 1. The molecule has 2 unspecified atom stereocenters. The van der Waals surface area contributed by atoms with Crippen molar-refractivity contribution in [3.8, 4) is 0 Å². The molecule has 1 fully saturated rings. The maximum atomic E-state index is 11.2. The highest BCUT2D eigenvalue weighted by molar-refractivity contribution is 9.09. The minimum Gasteiger partial charge on any atom is -0.462 e. The zero-order valence-corrected chi connectivity index (χ0v) is 9.68. The Hall–Kier alpha value is -0.0500. The summed E-state index contributed by atoms with van der Waals surface area (Å²) < 4.78 is 5.24. The van der Waals surface area contributed by atoms with Crippen molar-refractivity contribution in [3.63, 3.8) is 0 Å². The van der Waals surface area contributed by atoms with E-state index in [-0.39, 0.29) is 12.1 Å². The maximum Gasteiger partial charge on any atom is 0.306 e. The summed E-state index contributed by atoms with van der Waals surface area (Å²) in [4.78, 5) is 11.2. The average molecular weight is 249 g/mol. The molecule has 76 valence electrons. The van der Waals surface area contributed by atoms with E-state index in [0.717, 1.165) is 31.0 Å². The Labute approximate surface area is 88.2 Å². The first kappa shape index (κ1) is 11.0. The third kappa shape index (κ3) is 4.12. The number of hydrogen-bond acceptors (Lipinski definition) is 2. The fourth-order valence-electron chi connectivity index (χ4n) is 1.27. The zero-order valence-electron chi connectivity index (χ0n) is 8.09. The van der Waals surface area contributed by atoms with Crippen LogP contribution >= 0.6 is 15.9 Å². The molecule has 0 aromatic rings. The number of carbonyl (C=O) groups is 1. The van der Waals surface area contributed by atoms with Gasteiger partial charge in [-0.25, -0.2) is 0 Å². The molecule has 0 saturated heterocycles. The standard InChI is InChI=1S/C10H17BrO2/c1-2-3-4-5-10(12)13-9-6-8(9)7-11/h8-9H,2-7H2,1H3. The van der Waals surface area contributed by atoms with Crippen molar-refractivity contribution in [2.75, 3.05) is 5.33 Å². The summed E-state index contributed by atoms with van der Waals surface area (Å²) in [6.45, 7) is 2.13. The van der Waals surface area contributed by atoms with Crippen LogP contribution in [-0.2, 0) is 9.53 Å². The van der Waals surface area contributed by atoms with Crippen LogP contribution in [-0.4, -0.2) is 17.4 Å². The van der Waals surface area contributed by atoms with Gasteiger partial charge in [-0.1, -0.05) is 35.7 Å². The first-order valence-corrected chi connectivity index (χ1v) is 6.15. The average Bonchev–Trinajstić information content (AvgIpc) is 2.84. The predicted octanol–water partition coefficient (Wildman–Crippen LogP) is 2.89. The van der Waals surface area contributed by atoms with Gasteiger partial charge in [-0.05, 0) is 12.8 Å². The Balaban J connectivity index is 1.99. The topological polar surface area (TPSA) is 26.3 Å². The lowest BCUT2D eigenvalue weighted by Crippen LogP contribution is -2.07. The Morgan fingerprint density at radius 3 is 2.85 bits per heavy atom. The van der Waals surface area contributed by atoms with Crippen molar-refractivity contribution in [2.24, 2.45) is 5.92 Å². The monoisotopic (exact) mass is 248 g/mol. The van der Waals surface area contributed by atoms with Gasteiger partial charge in [0.25, 0.3) is 0 Å². The van der Waals surface area contributed by atoms with Gasteiger partial charge in [-0.2, -0.15) is 0 Å². The number of alkyl halides is 1. The number of unbranched alkanes of at least 4 members (excludes halogenated alkanes) is 2. The Bertz CT molecular complexity index is 170. The molecule has 3 heteroatoms. The second-order valence-corrected chi connectivity index (χ2v) is 4.28. The Kier molecular flexibility index (Phi) is 4.78. The van der Waals surface area contributed by atoms with Crippen molar-refractivity contribution >= 4 is 21.9 Å². The lowest BCUT2D eigenvalue weighted by molar-refractivity contribution is -0.145. The van der Waals surface area contributed by atoms with Gasteiger partial charge < -0.3 is 4.74 Å². The predicted molar refractivity (Wildman–Crippen MR) is 55.9 cm³/mol. The zero-order chi connectivity index (χ0) is 9.68. The molecule has 0 bridgehead atoms. The van der Waals surface area contributed by atoms with Crippen LogP contribution in [0.5, 0.6) is 0 Å². The van der Waals surface area contributed by atoms with Crippen LogP contribution < -0.4 is 0 Å². The van der Waals surface area contributed by atoms with Crippen LogP contribution in [0.2, 0.25) is 0 Å². The van der Waals surface area contributed by atoms with E-state index < -0.39 is 0 Å². The lowest BCUT2D eigenvalue weighted by atomic mass is 10.2. The molecule has 1 aliphatic carbocycles. The molecule has 13 heavy (non-hydrogen) atoms. The van der Waals surface area contributed by atoms with E-state index in [1.165, 1.54) is 0 Å².